The first-order chi connectivity index (χ1) is 28.8. The fraction of sp³-hybridized carbons (Fsp3) is 0.757. The number of ether oxygens (including phenoxy) is 6. The molecule has 0 aromatic rings. The maximum absolute atomic E-state index is 13.3. The Labute approximate surface area is 354 Å². The van der Waals surface area contributed by atoms with Crippen LogP contribution in [0.2, 0.25) is 0 Å². The van der Waals surface area contributed by atoms with Gasteiger partial charge in [-0.05, 0) is 20.8 Å². The van der Waals surface area contributed by atoms with Crippen LogP contribution in [0.1, 0.15) is 72.1 Å². The Balaban J connectivity index is 5.32. The van der Waals surface area contributed by atoms with E-state index in [4.69, 9.17) is 43.7 Å². The lowest BCUT2D eigenvalue weighted by Gasteiger charge is -2.34. The molecule has 61 heavy (non-hydrogen) atoms. The number of rotatable bonds is 37. The molecule has 24 heteroatoms. The number of carbonyl (C=O) groups is 9. The fourth-order valence-corrected chi connectivity index (χ4v) is 4.52. The first kappa shape index (κ1) is 55.8. The largest absolute Gasteiger partial charge is 0.481 e. The van der Waals surface area contributed by atoms with Gasteiger partial charge in [-0.2, -0.15) is 0 Å². The number of nitrogens with one attached hydrogen (secondary N) is 6. The Morgan fingerprint density at radius 2 is 0.738 bits per heavy atom. The van der Waals surface area contributed by atoms with Crippen LogP contribution in [-0.4, -0.2) is 179 Å². The van der Waals surface area contributed by atoms with Crippen LogP contribution >= 0.6 is 0 Å². The number of alkyl carbamates (subject to hydrolysis) is 1. The molecule has 0 heterocycles. The van der Waals surface area contributed by atoms with Crippen molar-refractivity contribution in [2.75, 3.05) is 98.8 Å². The summed E-state index contributed by atoms with van der Waals surface area (Å²) < 4.78 is 33.1. The van der Waals surface area contributed by atoms with E-state index in [1.165, 1.54) is 0 Å². The minimum atomic E-state index is -1.51. The van der Waals surface area contributed by atoms with E-state index in [2.05, 4.69) is 31.9 Å². The number of aliphatic carboxylic acids is 3. The summed E-state index contributed by atoms with van der Waals surface area (Å²) in [6, 6.07) is 0. The van der Waals surface area contributed by atoms with Crippen LogP contribution in [0.3, 0.4) is 0 Å². The van der Waals surface area contributed by atoms with Crippen molar-refractivity contribution in [3.05, 3.63) is 0 Å². The zero-order chi connectivity index (χ0) is 45.9. The molecule has 0 rings (SSSR count). The normalized spacial score (nSPS) is 11.2. The molecular weight excluding hydrogens is 816 g/mol. The number of hydrogen-bond acceptors (Lipinski definition) is 15. The SMILES string of the molecule is CC(C)(C)OC(=O)NCCOCCOCCNC(=O)CCC(=O)NC(COCCC(=O)NCCC(=O)O)(COCCC(=O)NCCC(=O)O)COCCC(=O)NCCC(=O)O. The van der Waals surface area contributed by atoms with Gasteiger partial charge in [0.05, 0.1) is 85.3 Å². The van der Waals surface area contributed by atoms with E-state index >= 15 is 0 Å². The van der Waals surface area contributed by atoms with Gasteiger partial charge >= 0.3 is 24.0 Å². The van der Waals surface area contributed by atoms with Gasteiger partial charge in [0, 0.05) is 64.8 Å². The first-order valence-corrected chi connectivity index (χ1v) is 19.7. The van der Waals surface area contributed by atoms with Crippen LogP contribution in [0.15, 0.2) is 0 Å². The molecule has 0 fully saturated rings. The highest BCUT2D eigenvalue weighted by atomic mass is 16.6. The van der Waals surface area contributed by atoms with Crippen LogP contribution in [0.4, 0.5) is 4.79 Å². The van der Waals surface area contributed by atoms with Crippen molar-refractivity contribution in [3.63, 3.8) is 0 Å². The topological polar surface area (TPSA) is 342 Å². The number of hydrogen-bond donors (Lipinski definition) is 9. The van der Waals surface area contributed by atoms with E-state index in [0.29, 0.717) is 0 Å². The van der Waals surface area contributed by atoms with Gasteiger partial charge in [0.1, 0.15) is 11.1 Å². The predicted molar refractivity (Wildman–Crippen MR) is 211 cm³/mol. The van der Waals surface area contributed by atoms with Gasteiger partial charge < -0.3 is 75.6 Å². The minimum Gasteiger partial charge on any atom is -0.481 e. The van der Waals surface area contributed by atoms with Gasteiger partial charge in [0.25, 0.3) is 0 Å². The van der Waals surface area contributed by atoms with Crippen LogP contribution in [0.25, 0.3) is 0 Å². The van der Waals surface area contributed by atoms with Crippen LogP contribution in [0.5, 0.6) is 0 Å². The lowest BCUT2D eigenvalue weighted by atomic mass is 10.0. The highest BCUT2D eigenvalue weighted by Gasteiger charge is 2.34. The van der Waals surface area contributed by atoms with Gasteiger partial charge in [0.15, 0.2) is 0 Å². The first-order valence-electron chi connectivity index (χ1n) is 19.7. The molecule has 0 aromatic carbocycles. The average Bonchev–Trinajstić information content (AvgIpc) is 3.15. The van der Waals surface area contributed by atoms with Crippen molar-refractivity contribution in [3.8, 4) is 0 Å². The molecule has 6 amide bonds. The summed E-state index contributed by atoms with van der Waals surface area (Å²) in [6.07, 6.45) is -2.48. The molecule has 0 aliphatic rings. The fourth-order valence-electron chi connectivity index (χ4n) is 4.52. The third-order valence-electron chi connectivity index (χ3n) is 7.38. The van der Waals surface area contributed by atoms with E-state index < -0.39 is 64.7 Å². The van der Waals surface area contributed by atoms with Crippen molar-refractivity contribution in [1.82, 2.24) is 31.9 Å². The Kier molecular flexibility index (Phi) is 30.7. The second-order valence-corrected chi connectivity index (χ2v) is 14.2. The molecule has 0 aromatic heterocycles. The minimum absolute atomic E-state index is 0.100. The van der Waals surface area contributed by atoms with Crippen LogP contribution in [-0.2, 0) is 66.8 Å². The summed E-state index contributed by atoms with van der Waals surface area (Å²) in [5, 5.41) is 41.6. The second kappa shape index (κ2) is 33.5. The van der Waals surface area contributed by atoms with Crippen molar-refractivity contribution >= 4 is 53.5 Å². The zero-order valence-corrected chi connectivity index (χ0v) is 35.2. The van der Waals surface area contributed by atoms with Gasteiger partial charge in [-0.3, -0.25) is 38.4 Å². The maximum Gasteiger partial charge on any atom is 0.407 e. The summed E-state index contributed by atoms with van der Waals surface area (Å²) in [5.41, 5.74) is -2.12. The molecule has 0 atom stereocenters. The van der Waals surface area contributed by atoms with Crippen LogP contribution < -0.4 is 31.9 Å². The summed E-state index contributed by atoms with van der Waals surface area (Å²) in [7, 11) is 0. The number of carboxylic acids is 3. The Morgan fingerprint density at radius 1 is 0.393 bits per heavy atom. The quantitative estimate of drug-likeness (QED) is 0.0314. The molecule has 0 aliphatic carbocycles. The molecule has 0 aliphatic heterocycles. The van der Waals surface area contributed by atoms with Crippen molar-refractivity contribution < 1.29 is 86.9 Å². The van der Waals surface area contributed by atoms with Gasteiger partial charge in [0.2, 0.25) is 29.5 Å². The number of amides is 6. The molecule has 0 saturated heterocycles. The van der Waals surface area contributed by atoms with Gasteiger partial charge in [-0.1, -0.05) is 0 Å². The lowest BCUT2D eigenvalue weighted by Crippen LogP contribution is -2.59. The van der Waals surface area contributed by atoms with Crippen molar-refractivity contribution in [2.24, 2.45) is 0 Å². The van der Waals surface area contributed by atoms with E-state index in [1.807, 2.05) is 0 Å². The second-order valence-electron chi connectivity index (χ2n) is 14.2. The number of carboxylic acid groups (broad SMARTS) is 3. The summed E-state index contributed by atoms with van der Waals surface area (Å²) in [6.45, 7) is 4.64. The molecule has 24 nitrogen and oxygen atoms in total. The maximum atomic E-state index is 13.3. The Morgan fingerprint density at radius 3 is 1.11 bits per heavy atom. The van der Waals surface area contributed by atoms with Crippen LogP contribution in [0, 0.1) is 0 Å². The smallest absolute Gasteiger partial charge is 0.407 e. The molecule has 9 N–H and O–H groups in total. The molecule has 0 bridgehead atoms. The average molecular weight is 881 g/mol. The third-order valence-corrected chi connectivity index (χ3v) is 7.38. The van der Waals surface area contributed by atoms with E-state index in [9.17, 15) is 43.2 Å². The van der Waals surface area contributed by atoms with Gasteiger partial charge in [-0.15, -0.1) is 0 Å². The van der Waals surface area contributed by atoms with E-state index in [1.54, 1.807) is 20.8 Å². The van der Waals surface area contributed by atoms with Crippen molar-refractivity contribution in [1.29, 1.82) is 0 Å². The standard InChI is InChI=1S/C37H64N6O18/c1-36(2,3)61-35(55)42-16-21-57-23-22-56-20-15-41-27(44)4-5-31(48)43-37(24-58-17-9-28(45)38-12-6-32(49)50,25-59-18-10-29(46)39-13-7-33(51)52)26-60-19-11-30(47)40-14-8-34(53)54/h4-26H2,1-3H3,(H,38,45)(H,39,46)(H,40,47)(H,41,44)(H,42,55)(H,43,48)(H,49,50)(H,51,52)(H,53,54). The highest BCUT2D eigenvalue weighted by molar-refractivity contribution is 5.84. The molecular formula is C37H64N6O18. The molecule has 350 valence electrons. The van der Waals surface area contributed by atoms with Crippen molar-refractivity contribution in [2.45, 2.75) is 83.3 Å². The van der Waals surface area contributed by atoms with E-state index in [0.717, 1.165) is 0 Å². The monoisotopic (exact) mass is 880 g/mol. The molecule has 0 spiro atoms. The molecule has 0 saturated carbocycles. The predicted octanol–water partition coefficient (Wildman–Crippen LogP) is -1.71. The van der Waals surface area contributed by atoms with E-state index in [-0.39, 0.29) is 150 Å². The zero-order valence-electron chi connectivity index (χ0n) is 35.2. The Hall–Kier alpha value is -5.17. The molecule has 0 unspecified atom stereocenters. The summed E-state index contributed by atoms with van der Waals surface area (Å²) in [4.78, 5) is 106. The number of carbonyl (C=O) groups excluding carboxylic acids is 6. The lowest BCUT2D eigenvalue weighted by molar-refractivity contribution is -0.138. The molecule has 0 radical (unpaired) electrons. The van der Waals surface area contributed by atoms with Gasteiger partial charge in [-0.25, -0.2) is 4.79 Å². The Bertz CT molecular complexity index is 1280. The summed E-state index contributed by atoms with van der Waals surface area (Å²) >= 11 is 0. The summed E-state index contributed by atoms with van der Waals surface area (Å²) in [5.74, 6) is -5.89. The third kappa shape index (κ3) is 36.4. The highest BCUT2D eigenvalue weighted by Crippen LogP contribution is 2.12.